The van der Waals surface area contributed by atoms with Gasteiger partial charge in [-0.2, -0.15) is 0 Å². The topological polar surface area (TPSA) is 66.4 Å². The molecule has 1 aromatic carbocycles. The van der Waals surface area contributed by atoms with E-state index in [2.05, 4.69) is 5.32 Å². The summed E-state index contributed by atoms with van der Waals surface area (Å²) in [6, 6.07) is 4.73. The highest BCUT2D eigenvalue weighted by Gasteiger charge is 2.21. The van der Waals surface area contributed by atoms with Crippen LogP contribution in [0.15, 0.2) is 18.2 Å². The van der Waals surface area contributed by atoms with E-state index < -0.39 is 12.0 Å². The van der Waals surface area contributed by atoms with E-state index in [0.717, 1.165) is 11.1 Å². The molecule has 0 amide bonds. The van der Waals surface area contributed by atoms with Crippen LogP contribution in [0.5, 0.6) is 0 Å². The van der Waals surface area contributed by atoms with Crippen molar-refractivity contribution in [1.82, 2.24) is 5.32 Å². The van der Waals surface area contributed by atoms with Gasteiger partial charge in [0.15, 0.2) is 5.78 Å². The summed E-state index contributed by atoms with van der Waals surface area (Å²) in [4.78, 5) is 22.7. The SMILES string of the molecule is CNC(CC(=O)O)C(=O)c1ccc(C)c(C)c1. The van der Waals surface area contributed by atoms with Crippen molar-refractivity contribution in [3.05, 3.63) is 34.9 Å². The van der Waals surface area contributed by atoms with Crippen molar-refractivity contribution >= 4 is 11.8 Å². The van der Waals surface area contributed by atoms with Crippen molar-refractivity contribution in [2.24, 2.45) is 0 Å². The lowest BCUT2D eigenvalue weighted by Crippen LogP contribution is -2.36. The van der Waals surface area contributed by atoms with Crippen LogP contribution in [0.25, 0.3) is 0 Å². The Kier molecular flexibility index (Phi) is 4.40. The maximum Gasteiger partial charge on any atom is 0.305 e. The molecule has 0 spiro atoms. The number of hydrogen-bond acceptors (Lipinski definition) is 3. The fraction of sp³-hybridized carbons (Fsp3) is 0.385. The number of Topliss-reactive ketones (excluding diaryl/α,β-unsaturated/α-hetero) is 1. The predicted octanol–water partition coefficient (Wildman–Crippen LogP) is 1.55. The summed E-state index contributed by atoms with van der Waals surface area (Å²) in [5.74, 6) is -1.17. The molecule has 0 aliphatic heterocycles. The first-order chi connectivity index (χ1) is 7.95. The largest absolute Gasteiger partial charge is 0.481 e. The predicted molar refractivity (Wildman–Crippen MR) is 65.3 cm³/mol. The minimum atomic E-state index is -0.985. The van der Waals surface area contributed by atoms with Gasteiger partial charge in [0.25, 0.3) is 0 Å². The number of ketones is 1. The molecule has 0 radical (unpaired) electrons. The maximum absolute atomic E-state index is 12.0. The van der Waals surface area contributed by atoms with Crippen LogP contribution in [-0.4, -0.2) is 29.9 Å². The molecule has 4 heteroatoms. The highest BCUT2D eigenvalue weighted by atomic mass is 16.4. The van der Waals surface area contributed by atoms with E-state index >= 15 is 0 Å². The lowest BCUT2D eigenvalue weighted by molar-refractivity contribution is -0.137. The number of benzene rings is 1. The van der Waals surface area contributed by atoms with Gasteiger partial charge < -0.3 is 10.4 Å². The number of carboxylic acids is 1. The molecule has 0 fully saturated rings. The smallest absolute Gasteiger partial charge is 0.305 e. The van der Waals surface area contributed by atoms with Gasteiger partial charge in [-0.15, -0.1) is 0 Å². The number of carbonyl (C=O) groups excluding carboxylic acids is 1. The number of carbonyl (C=O) groups is 2. The first-order valence-corrected chi connectivity index (χ1v) is 5.46. The summed E-state index contributed by atoms with van der Waals surface area (Å²) in [6.45, 7) is 3.90. The Bertz CT molecular complexity index is 440. The number of carboxylic acid groups (broad SMARTS) is 1. The lowest BCUT2D eigenvalue weighted by Gasteiger charge is -2.13. The van der Waals surface area contributed by atoms with E-state index in [4.69, 9.17) is 5.11 Å². The Morgan fingerprint density at radius 2 is 1.94 bits per heavy atom. The number of hydrogen-bond donors (Lipinski definition) is 2. The molecule has 1 aromatic rings. The minimum Gasteiger partial charge on any atom is -0.481 e. The second kappa shape index (κ2) is 5.59. The lowest BCUT2D eigenvalue weighted by atomic mass is 9.98. The zero-order valence-electron chi connectivity index (χ0n) is 10.3. The summed E-state index contributed by atoms with van der Waals surface area (Å²) >= 11 is 0. The van der Waals surface area contributed by atoms with Gasteiger partial charge in [-0.25, -0.2) is 0 Å². The molecular weight excluding hydrogens is 218 g/mol. The third-order valence-electron chi connectivity index (χ3n) is 2.84. The van der Waals surface area contributed by atoms with E-state index in [-0.39, 0.29) is 12.2 Å². The number of nitrogens with one attached hydrogen (secondary N) is 1. The summed E-state index contributed by atoms with van der Waals surface area (Å²) in [7, 11) is 1.59. The molecule has 2 N–H and O–H groups in total. The van der Waals surface area contributed by atoms with Crippen LogP contribution >= 0.6 is 0 Å². The molecule has 0 saturated heterocycles. The van der Waals surface area contributed by atoms with Gasteiger partial charge in [0.2, 0.25) is 0 Å². The number of aryl methyl sites for hydroxylation is 2. The Hall–Kier alpha value is -1.68. The van der Waals surface area contributed by atoms with Gasteiger partial charge in [0.1, 0.15) is 0 Å². The molecule has 0 aliphatic carbocycles. The second-order valence-electron chi connectivity index (χ2n) is 4.10. The summed E-state index contributed by atoms with van der Waals surface area (Å²) in [6.07, 6.45) is -0.206. The molecule has 4 nitrogen and oxygen atoms in total. The van der Waals surface area contributed by atoms with E-state index in [1.54, 1.807) is 19.2 Å². The number of aliphatic carboxylic acids is 1. The maximum atomic E-state index is 12.0. The number of likely N-dealkylation sites (N-methyl/N-ethyl adjacent to an activating group) is 1. The molecule has 0 aliphatic rings. The normalized spacial score (nSPS) is 12.2. The summed E-state index contributed by atoms with van der Waals surface area (Å²) < 4.78 is 0. The Morgan fingerprint density at radius 3 is 2.41 bits per heavy atom. The monoisotopic (exact) mass is 235 g/mol. The molecule has 1 atom stereocenters. The van der Waals surface area contributed by atoms with Gasteiger partial charge in [-0.1, -0.05) is 12.1 Å². The van der Waals surface area contributed by atoms with Crippen LogP contribution in [0, 0.1) is 13.8 Å². The average molecular weight is 235 g/mol. The van der Waals surface area contributed by atoms with Crippen molar-refractivity contribution in [3.63, 3.8) is 0 Å². The Labute approximate surface area is 101 Å². The van der Waals surface area contributed by atoms with Crippen LogP contribution in [0.3, 0.4) is 0 Å². The molecule has 0 heterocycles. The molecule has 1 unspecified atom stereocenters. The Balaban J connectivity index is 2.93. The fourth-order valence-electron chi connectivity index (χ4n) is 1.60. The molecule has 92 valence electrons. The van der Waals surface area contributed by atoms with Crippen molar-refractivity contribution in [2.75, 3.05) is 7.05 Å². The molecule has 0 aromatic heterocycles. The zero-order chi connectivity index (χ0) is 13.0. The highest BCUT2D eigenvalue weighted by molar-refractivity contribution is 6.01. The van der Waals surface area contributed by atoms with Gasteiger partial charge >= 0.3 is 5.97 Å². The van der Waals surface area contributed by atoms with Crippen LogP contribution in [-0.2, 0) is 4.79 Å². The van der Waals surface area contributed by atoms with Crippen molar-refractivity contribution in [1.29, 1.82) is 0 Å². The highest BCUT2D eigenvalue weighted by Crippen LogP contribution is 2.12. The molecular formula is C13H17NO3. The molecule has 1 rings (SSSR count). The van der Waals surface area contributed by atoms with E-state index in [9.17, 15) is 9.59 Å². The van der Waals surface area contributed by atoms with E-state index in [1.807, 2.05) is 19.9 Å². The first-order valence-electron chi connectivity index (χ1n) is 5.46. The minimum absolute atomic E-state index is 0.182. The van der Waals surface area contributed by atoms with Gasteiger partial charge in [0, 0.05) is 5.56 Å². The van der Waals surface area contributed by atoms with E-state index in [1.165, 1.54) is 0 Å². The van der Waals surface area contributed by atoms with Gasteiger partial charge in [0.05, 0.1) is 12.5 Å². The van der Waals surface area contributed by atoms with Crippen LogP contribution in [0.1, 0.15) is 27.9 Å². The molecule has 0 bridgehead atoms. The van der Waals surface area contributed by atoms with Crippen LogP contribution < -0.4 is 5.32 Å². The Morgan fingerprint density at radius 1 is 1.29 bits per heavy atom. The standard InChI is InChI=1S/C13H17NO3/c1-8-4-5-10(6-9(8)2)13(17)11(14-3)7-12(15)16/h4-6,11,14H,7H2,1-3H3,(H,15,16). The summed E-state index contributed by atoms with van der Waals surface area (Å²) in [5.41, 5.74) is 2.69. The van der Waals surface area contributed by atoms with Crippen LogP contribution in [0.2, 0.25) is 0 Å². The quantitative estimate of drug-likeness (QED) is 0.760. The van der Waals surface area contributed by atoms with Gasteiger partial charge in [-0.3, -0.25) is 9.59 Å². The average Bonchev–Trinajstić information content (AvgIpc) is 2.28. The first kappa shape index (κ1) is 13.4. The van der Waals surface area contributed by atoms with Crippen LogP contribution in [0.4, 0.5) is 0 Å². The van der Waals surface area contributed by atoms with Crippen molar-refractivity contribution < 1.29 is 14.7 Å². The molecule has 17 heavy (non-hydrogen) atoms. The fourth-order valence-corrected chi connectivity index (χ4v) is 1.60. The zero-order valence-corrected chi connectivity index (χ0v) is 10.3. The summed E-state index contributed by atoms with van der Waals surface area (Å²) in [5, 5.41) is 11.5. The third kappa shape index (κ3) is 3.39. The van der Waals surface area contributed by atoms with Crippen molar-refractivity contribution in [2.45, 2.75) is 26.3 Å². The second-order valence-corrected chi connectivity index (χ2v) is 4.10. The van der Waals surface area contributed by atoms with E-state index in [0.29, 0.717) is 5.56 Å². The van der Waals surface area contributed by atoms with Crippen molar-refractivity contribution in [3.8, 4) is 0 Å². The molecule has 0 saturated carbocycles. The van der Waals surface area contributed by atoms with Gasteiger partial charge in [-0.05, 0) is 38.1 Å². The number of rotatable bonds is 5. The third-order valence-corrected chi connectivity index (χ3v) is 2.84.